The third-order valence-electron chi connectivity index (χ3n) is 2.68. The molecule has 0 aromatic carbocycles. The summed E-state index contributed by atoms with van der Waals surface area (Å²) in [5, 5.41) is 0. The van der Waals surface area contributed by atoms with Crippen LogP contribution >= 0.6 is 0 Å². The molecule has 2 amide bonds. The second-order valence-corrected chi connectivity index (χ2v) is 3.58. The number of nitrogens with zero attached hydrogens (tertiary/aromatic N) is 1. The van der Waals surface area contributed by atoms with Crippen LogP contribution in [0.4, 0.5) is 0 Å². The van der Waals surface area contributed by atoms with Gasteiger partial charge in [0.15, 0.2) is 0 Å². The molecule has 4 nitrogen and oxygen atoms in total. The molecule has 1 saturated carbocycles. The summed E-state index contributed by atoms with van der Waals surface area (Å²) in [6, 6.07) is 0.0570. The number of ether oxygens (including phenoxy) is 1. The van der Waals surface area contributed by atoms with Crippen molar-refractivity contribution in [2.24, 2.45) is 0 Å². The molecule has 1 heterocycles. The maximum atomic E-state index is 11.3. The Bertz CT molecular complexity index is 274. The van der Waals surface area contributed by atoms with E-state index in [0.29, 0.717) is 6.61 Å². The highest BCUT2D eigenvalue weighted by Crippen LogP contribution is 2.30. The fourth-order valence-corrected chi connectivity index (χ4v) is 1.89. The lowest BCUT2D eigenvalue weighted by molar-refractivity contribution is -0.145. The van der Waals surface area contributed by atoms with Gasteiger partial charge < -0.3 is 4.74 Å². The first-order chi connectivity index (χ1) is 6.72. The normalized spacial score (nSPS) is 31.1. The molecule has 1 aliphatic carbocycles. The van der Waals surface area contributed by atoms with Gasteiger partial charge in [-0.1, -0.05) is 0 Å². The Balaban J connectivity index is 1.88. The van der Waals surface area contributed by atoms with E-state index in [1.165, 1.54) is 17.1 Å². The number of hydrogen-bond acceptors (Lipinski definition) is 3. The molecule has 4 heteroatoms. The summed E-state index contributed by atoms with van der Waals surface area (Å²) >= 11 is 0. The largest absolute Gasteiger partial charge is 0.378 e. The minimum Gasteiger partial charge on any atom is -0.378 e. The number of carbonyl (C=O) groups is 2. The van der Waals surface area contributed by atoms with Crippen molar-refractivity contribution >= 4 is 11.8 Å². The fourth-order valence-electron chi connectivity index (χ4n) is 1.89. The van der Waals surface area contributed by atoms with Crippen molar-refractivity contribution in [2.45, 2.75) is 31.9 Å². The smallest absolute Gasteiger partial charge is 0.253 e. The SMILES string of the molecule is CCOC1CC(N2C(=O)C=CC2=O)C1. The van der Waals surface area contributed by atoms with E-state index in [1.54, 1.807) is 0 Å². The van der Waals surface area contributed by atoms with Crippen LogP contribution in [0, 0.1) is 0 Å². The molecule has 0 saturated heterocycles. The number of hydrogen-bond donors (Lipinski definition) is 0. The van der Waals surface area contributed by atoms with Crippen LogP contribution in [0.3, 0.4) is 0 Å². The van der Waals surface area contributed by atoms with Gasteiger partial charge in [0.2, 0.25) is 0 Å². The van der Waals surface area contributed by atoms with Gasteiger partial charge in [-0.15, -0.1) is 0 Å². The van der Waals surface area contributed by atoms with Crippen LogP contribution in [0.5, 0.6) is 0 Å². The number of amides is 2. The van der Waals surface area contributed by atoms with Gasteiger partial charge in [0.25, 0.3) is 11.8 Å². The Kier molecular flexibility index (Phi) is 2.37. The summed E-state index contributed by atoms with van der Waals surface area (Å²) < 4.78 is 5.37. The van der Waals surface area contributed by atoms with Gasteiger partial charge in [-0.3, -0.25) is 14.5 Å². The zero-order chi connectivity index (χ0) is 10.1. The van der Waals surface area contributed by atoms with E-state index in [4.69, 9.17) is 4.74 Å². The molecule has 0 N–H and O–H groups in total. The van der Waals surface area contributed by atoms with Crippen molar-refractivity contribution in [3.8, 4) is 0 Å². The van der Waals surface area contributed by atoms with Crippen LogP contribution in [0.1, 0.15) is 19.8 Å². The van der Waals surface area contributed by atoms with Crippen molar-refractivity contribution in [3.63, 3.8) is 0 Å². The van der Waals surface area contributed by atoms with E-state index in [-0.39, 0.29) is 24.0 Å². The predicted molar refractivity (Wildman–Crippen MR) is 49.4 cm³/mol. The highest BCUT2D eigenvalue weighted by molar-refractivity contribution is 6.13. The summed E-state index contributed by atoms with van der Waals surface area (Å²) in [6.07, 6.45) is 4.46. The van der Waals surface area contributed by atoms with Crippen molar-refractivity contribution in [1.29, 1.82) is 0 Å². The van der Waals surface area contributed by atoms with Crippen molar-refractivity contribution in [1.82, 2.24) is 4.90 Å². The van der Waals surface area contributed by atoms with Crippen LogP contribution < -0.4 is 0 Å². The number of rotatable bonds is 3. The van der Waals surface area contributed by atoms with E-state index >= 15 is 0 Å². The number of carbonyl (C=O) groups excluding carboxylic acids is 2. The molecule has 0 atom stereocenters. The summed E-state index contributed by atoms with van der Waals surface area (Å²) in [5.74, 6) is -0.370. The topological polar surface area (TPSA) is 46.6 Å². The van der Waals surface area contributed by atoms with Crippen LogP contribution in [-0.4, -0.2) is 35.5 Å². The zero-order valence-corrected chi connectivity index (χ0v) is 8.10. The average molecular weight is 195 g/mol. The molecule has 0 radical (unpaired) electrons. The predicted octanol–water partition coefficient (Wildman–Crippen LogP) is 0.479. The standard InChI is InChI=1S/C10H13NO3/c1-2-14-8-5-7(6-8)11-9(12)3-4-10(11)13/h3-4,7-8H,2,5-6H2,1H3. The van der Waals surface area contributed by atoms with E-state index in [0.717, 1.165) is 12.8 Å². The molecule has 2 aliphatic rings. The first-order valence-electron chi connectivity index (χ1n) is 4.89. The van der Waals surface area contributed by atoms with Gasteiger partial charge in [0.1, 0.15) is 0 Å². The van der Waals surface area contributed by atoms with Crippen LogP contribution in [0.15, 0.2) is 12.2 Å². The first-order valence-corrected chi connectivity index (χ1v) is 4.89. The van der Waals surface area contributed by atoms with Crippen molar-refractivity contribution in [3.05, 3.63) is 12.2 Å². The van der Waals surface area contributed by atoms with Gasteiger partial charge in [-0.25, -0.2) is 0 Å². The molecule has 0 bridgehead atoms. The van der Waals surface area contributed by atoms with Crippen LogP contribution in [0.25, 0.3) is 0 Å². The van der Waals surface area contributed by atoms with E-state index < -0.39 is 0 Å². The Labute approximate surface area is 82.5 Å². The summed E-state index contributed by atoms with van der Waals surface area (Å²) in [6.45, 7) is 2.64. The Morgan fingerprint density at radius 3 is 2.43 bits per heavy atom. The molecular weight excluding hydrogens is 182 g/mol. The second kappa shape index (κ2) is 3.53. The third kappa shape index (κ3) is 1.46. The third-order valence-corrected chi connectivity index (χ3v) is 2.68. The monoisotopic (exact) mass is 195 g/mol. The maximum absolute atomic E-state index is 11.3. The minimum atomic E-state index is -0.185. The quantitative estimate of drug-likeness (QED) is 0.615. The maximum Gasteiger partial charge on any atom is 0.253 e. The lowest BCUT2D eigenvalue weighted by Gasteiger charge is -2.39. The molecule has 2 rings (SSSR count). The molecule has 0 unspecified atom stereocenters. The lowest BCUT2D eigenvalue weighted by Crippen LogP contribution is -2.50. The van der Waals surface area contributed by atoms with Gasteiger partial charge in [0.05, 0.1) is 6.10 Å². The molecule has 1 fully saturated rings. The summed E-state index contributed by atoms with van der Waals surface area (Å²) in [4.78, 5) is 23.9. The van der Waals surface area contributed by atoms with Crippen molar-refractivity contribution in [2.75, 3.05) is 6.61 Å². The van der Waals surface area contributed by atoms with Gasteiger partial charge in [-0.05, 0) is 19.8 Å². The van der Waals surface area contributed by atoms with E-state index in [9.17, 15) is 9.59 Å². The zero-order valence-electron chi connectivity index (χ0n) is 8.10. The van der Waals surface area contributed by atoms with Gasteiger partial charge in [0, 0.05) is 24.8 Å². The van der Waals surface area contributed by atoms with Gasteiger partial charge >= 0.3 is 0 Å². The van der Waals surface area contributed by atoms with Crippen LogP contribution in [-0.2, 0) is 14.3 Å². The average Bonchev–Trinajstić information content (AvgIpc) is 2.40. The van der Waals surface area contributed by atoms with E-state index in [1.807, 2.05) is 6.92 Å². The molecule has 0 aromatic heterocycles. The first kappa shape index (κ1) is 9.40. The molecule has 0 aromatic rings. The van der Waals surface area contributed by atoms with E-state index in [2.05, 4.69) is 0 Å². The van der Waals surface area contributed by atoms with Gasteiger partial charge in [-0.2, -0.15) is 0 Å². The highest BCUT2D eigenvalue weighted by Gasteiger charge is 2.40. The Morgan fingerprint density at radius 2 is 1.93 bits per heavy atom. The second-order valence-electron chi connectivity index (χ2n) is 3.58. The number of imide groups is 1. The fraction of sp³-hybridized carbons (Fsp3) is 0.600. The molecular formula is C10H13NO3. The summed E-state index contributed by atoms with van der Waals surface area (Å²) in [5.41, 5.74) is 0. The van der Waals surface area contributed by atoms with Crippen molar-refractivity contribution < 1.29 is 14.3 Å². The molecule has 0 spiro atoms. The lowest BCUT2D eigenvalue weighted by atomic mass is 9.88. The Hall–Kier alpha value is -1.16. The van der Waals surface area contributed by atoms with Crippen LogP contribution in [0.2, 0.25) is 0 Å². The molecule has 1 aliphatic heterocycles. The molecule has 76 valence electrons. The summed E-state index contributed by atoms with van der Waals surface area (Å²) in [7, 11) is 0. The highest BCUT2D eigenvalue weighted by atomic mass is 16.5. The Morgan fingerprint density at radius 1 is 1.36 bits per heavy atom. The minimum absolute atomic E-state index is 0.0570. The molecule has 14 heavy (non-hydrogen) atoms.